The van der Waals surface area contributed by atoms with Gasteiger partial charge in [-0.3, -0.25) is 0 Å². The molecule has 1 aliphatic rings. The zero-order chi connectivity index (χ0) is 11.9. The summed E-state index contributed by atoms with van der Waals surface area (Å²) in [5.41, 5.74) is 0. The van der Waals surface area contributed by atoms with E-state index in [2.05, 4.69) is 15.2 Å². The van der Waals surface area contributed by atoms with Crippen LogP contribution in [0.4, 0.5) is 5.13 Å². The topological polar surface area (TPSA) is 46.6 Å². The summed E-state index contributed by atoms with van der Waals surface area (Å²) in [7, 11) is 1.71. The Bertz CT molecular complexity index is 326. The van der Waals surface area contributed by atoms with Crippen LogP contribution < -0.4 is 10.2 Å². The SMILES string of the molecule is COCCNCc1cnc(N2CCOCC2)s1. The van der Waals surface area contributed by atoms with Gasteiger partial charge in [0, 0.05) is 44.4 Å². The lowest BCUT2D eigenvalue weighted by molar-refractivity contribution is 0.122. The van der Waals surface area contributed by atoms with Gasteiger partial charge >= 0.3 is 0 Å². The van der Waals surface area contributed by atoms with Crippen LogP contribution in [-0.2, 0) is 16.0 Å². The van der Waals surface area contributed by atoms with Crippen LogP contribution in [0.2, 0.25) is 0 Å². The minimum atomic E-state index is 0.745. The smallest absolute Gasteiger partial charge is 0.185 e. The summed E-state index contributed by atoms with van der Waals surface area (Å²) in [4.78, 5) is 8.01. The normalized spacial score (nSPS) is 16.4. The molecule has 0 amide bonds. The Hall–Kier alpha value is -0.690. The minimum Gasteiger partial charge on any atom is -0.383 e. The fourth-order valence-corrected chi connectivity index (χ4v) is 2.60. The first kappa shape index (κ1) is 12.8. The number of aromatic nitrogens is 1. The number of morpholine rings is 1. The molecule has 1 aromatic heterocycles. The van der Waals surface area contributed by atoms with Crippen molar-refractivity contribution in [2.24, 2.45) is 0 Å². The van der Waals surface area contributed by atoms with E-state index >= 15 is 0 Å². The van der Waals surface area contributed by atoms with E-state index in [1.807, 2.05) is 6.20 Å². The van der Waals surface area contributed by atoms with Crippen molar-refractivity contribution in [2.45, 2.75) is 6.54 Å². The zero-order valence-corrected chi connectivity index (χ0v) is 11.0. The average Bonchev–Trinajstić information content (AvgIpc) is 2.85. The van der Waals surface area contributed by atoms with Crippen LogP contribution >= 0.6 is 11.3 Å². The molecule has 0 spiro atoms. The lowest BCUT2D eigenvalue weighted by atomic mass is 10.5. The summed E-state index contributed by atoms with van der Waals surface area (Å²) in [6.45, 7) is 6.00. The Kier molecular flexibility index (Phi) is 5.18. The van der Waals surface area contributed by atoms with Crippen molar-refractivity contribution in [1.82, 2.24) is 10.3 Å². The molecule has 2 heterocycles. The van der Waals surface area contributed by atoms with Gasteiger partial charge in [0.2, 0.25) is 0 Å². The molecule has 6 heteroatoms. The number of rotatable bonds is 6. The van der Waals surface area contributed by atoms with Crippen LogP contribution in [0.3, 0.4) is 0 Å². The molecule has 17 heavy (non-hydrogen) atoms. The van der Waals surface area contributed by atoms with Gasteiger partial charge in [-0.2, -0.15) is 0 Å². The Morgan fingerprint density at radius 1 is 1.53 bits per heavy atom. The Balaban J connectivity index is 1.78. The summed E-state index contributed by atoms with van der Waals surface area (Å²) in [6.07, 6.45) is 1.95. The van der Waals surface area contributed by atoms with Gasteiger partial charge in [-0.15, -0.1) is 11.3 Å². The third kappa shape index (κ3) is 3.92. The fraction of sp³-hybridized carbons (Fsp3) is 0.727. The highest BCUT2D eigenvalue weighted by molar-refractivity contribution is 7.15. The number of thiazole rings is 1. The molecule has 96 valence electrons. The molecule has 0 saturated carbocycles. The van der Waals surface area contributed by atoms with Crippen molar-refractivity contribution >= 4 is 16.5 Å². The molecule has 1 aromatic rings. The summed E-state index contributed by atoms with van der Waals surface area (Å²) in [6, 6.07) is 0. The molecule has 1 aliphatic heterocycles. The molecule has 1 fully saturated rings. The van der Waals surface area contributed by atoms with E-state index < -0.39 is 0 Å². The molecule has 1 N–H and O–H groups in total. The van der Waals surface area contributed by atoms with E-state index in [0.717, 1.165) is 51.1 Å². The van der Waals surface area contributed by atoms with Crippen molar-refractivity contribution in [1.29, 1.82) is 0 Å². The van der Waals surface area contributed by atoms with Gasteiger partial charge in [0.1, 0.15) is 0 Å². The molecule has 0 aromatic carbocycles. The van der Waals surface area contributed by atoms with Crippen LogP contribution in [0.1, 0.15) is 4.88 Å². The third-order valence-electron chi connectivity index (χ3n) is 2.61. The second-order valence-corrected chi connectivity index (χ2v) is 4.97. The number of hydrogen-bond acceptors (Lipinski definition) is 6. The standard InChI is InChI=1S/C11H19N3O2S/c1-15-5-2-12-8-10-9-13-11(17-10)14-3-6-16-7-4-14/h9,12H,2-8H2,1H3. The summed E-state index contributed by atoms with van der Waals surface area (Å²) >= 11 is 1.75. The molecule has 0 radical (unpaired) electrons. The molecular formula is C11H19N3O2S. The van der Waals surface area contributed by atoms with Crippen LogP contribution in [0.15, 0.2) is 6.20 Å². The van der Waals surface area contributed by atoms with Gasteiger partial charge in [0.25, 0.3) is 0 Å². The van der Waals surface area contributed by atoms with E-state index in [9.17, 15) is 0 Å². The van der Waals surface area contributed by atoms with Crippen LogP contribution in [0.5, 0.6) is 0 Å². The lowest BCUT2D eigenvalue weighted by Crippen LogP contribution is -2.36. The highest BCUT2D eigenvalue weighted by Gasteiger charge is 2.14. The van der Waals surface area contributed by atoms with Gasteiger partial charge in [-0.25, -0.2) is 4.98 Å². The number of anilines is 1. The first-order valence-electron chi connectivity index (χ1n) is 5.87. The highest BCUT2D eigenvalue weighted by Crippen LogP contribution is 2.22. The third-order valence-corrected chi connectivity index (χ3v) is 3.66. The molecule has 0 bridgehead atoms. The Morgan fingerprint density at radius 3 is 3.12 bits per heavy atom. The quantitative estimate of drug-likeness (QED) is 0.761. The summed E-state index contributed by atoms with van der Waals surface area (Å²) in [5.74, 6) is 0. The Morgan fingerprint density at radius 2 is 2.35 bits per heavy atom. The second kappa shape index (κ2) is 6.90. The Labute approximate surface area is 106 Å². The van der Waals surface area contributed by atoms with E-state index in [1.54, 1.807) is 18.4 Å². The van der Waals surface area contributed by atoms with Gasteiger partial charge in [0.05, 0.1) is 19.8 Å². The largest absolute Gasteiger partial charge is 0.383 e. The van der Waals surface area contributed by atoms with E-state index in [-0.39, 0.29) is 0 Å². The molecular weight excluding hydrogens is 238 g/mol. The molecule has 2 rings (SSSR count). The second-order valence-electron chi connectivity index (χ2n) is 3.88. The lowest BCUT2D eigenvalue weighted by Gasteiger charge is -2.25. The molecule has 0 aliphatic carbocycles. The van der Waals surface area contributed by atoms with Crippen LogP contribution in [-0.4, -0.2) is 51.5 Å². The fourth-order valence-electron chi connectivity index (χ4n) is 1.67. The first-order valence-corrected chi connectivity index (χ1v) is 6.69. The van der Waals surface area contributed by atoms with Crippen LogP contribution in [0.25, 0.3) is 0 Å². The van der Waals surface area contributed by atoms with Gasteiger partial charge in [-0.1, -0.05) is 0 Å². The van der Waals surface area contributed by atoms with Gasteiger partial charge < -0.3 is 19.7 Å². The number of ether oxygens (including phenoxy) is 2. The monoisotopic (exact) mass is 257 g/mol. The minimum absolute atomic E-state index is 0.745. The first-order chi connectivity index (χ1) is 8.40. The predicted octanol–water partition coefficient (Wildman–Crippen LogP) is 0.716. The maximum absolute atomic E-state index is 5.33. The molecule has 5 nitrogen and oxygen atoms in total. The van der Waals surface area contributed by atoms with E-state index in [4.69, 9.17) is 9.47 Å². The molecule has 0 atom stereocenters. The maximum Gasteiger partial charge on any atom is 0.185 e. The van der Waals surface area contributed by atoms with Gasteiger partial charge in [-0.05, 0) is 0 Å². The van der Waals surface area contributed by atoms with Crippen molar-refractivity contribution in [3.05, 3.63) is 11.1 Å². The predicted molar refractivity (Wildman–Crippen MR) is 68.7 cm³/mol. The van der Waals surface area contributed by atoms with E-state index in [1.165, 1.54) is 4.88 Å². The number of methoxy groups -OCH3 is 1. The number of nitrogens with one attached hydrogen (secondary N) is 1. The molecule has 1 saturated heterocycles. The van der Waals surface area contributed by atoms with Crippen molar-refractivity contribution in [3.63, 3.8) is 0 Å². The van der Waals surface area contributed by atoms with Crippen molar-refractivity contribution < 1.29 is 9.47 Å². The van der Waals surface area contributed by atoms with Crippen LogP contribution in [0, 0.1) is 0 Å². The van der Waals surface area contributed by atoms with Crippen molar-refractivity contribution in [2.75, 3.05) is 51.5 Å². The highest BCUT2D eigenvalue weighted by atomic mass is 32.1. The zero-order valence-electron chi connectivity index (χ0n) is 10.1. The number of nitrogens with zero attached hydrogens (tertiary/aromatic N) is 2. The molecule has 0 unspecified atom stereocenters. The number of hydrogen-bond donors (Lipinski definition) is 1. The van der Waals surface area contributed by atoms with Gasteiger partial charge in [0.15, 0.2) is 5.13 Å². The maximum atomic E-state index is 5.33. The average molecular weight is 257 g/mol. The summed E-state index contributed by atoms with van der Waals surface area (Å²) in [5, 5.41) is 4.43. The van der Waals surface area contributed by atoms with E-state index in [0.29, 0.717) is 0 Å². The summed E-state index contributed by atoms with van der Waals surface area (Å²) < 4.78 is 10.3. The van der Waals surface area contributed by atoms with Crippen molar-refractivity contribution in [3.8, 4) is 0 Å².